The molecular weight excluding hydrogens is 551 g/mol. The maximum absolute atomic E-state index is 14.0. The molecule has 2 aromatic heterocycles. The van der Waals surface area contributed by atoms with Crippen LogP contribution >= 0.6 is 0 Å². The lowest BCUT2D eigenvalue weighted by Crippen LogP contribution is -2.30. The molecule has 3 aromatic carbocycles. The zero-order valence-electron chi connectivity index (χ0n) is 23.4. The van der Waals surface area contributed by atoms with E-state index in [1.165, 1.54) is 67.8 Å². The highest BCUT2D eigenvalue weighted by molar-refractivity contribution is 7.92. The Morgan fingerprint density at radius 1 is 0.929 bits per heavy atom. The van der Waals surface area contributed by atoms with Crippen molar-refractivity contribution < 1.29 is 12.8 Å². The molecule has 1 saturated heterocycles. The quantitative estimate of drug-likeness (QED) is 0.205. The van der Waals surface area contributed by atoms with Crippen LogP contribution in [0.5, 0.6) is 0 Å². The van der Waals surface area contributed by atoms with Gasteiger partial charge < -0.3 is 14.8 Å². The minimum atomic E-state index is -4.05. The number of aromatic nitrogens is 3. The summed E-state index contributed by atoms with van der Waals surface area (Å²) in [6.45, 7) is 3.42. The van der Waals surface area contributed by atoms with Crippen LogP contribution in [0.15, 0.2) is 96.3 Å². The number of likely N-dealkylation sites (tertiary alicyclic amines) is 1. The molecule has 0 aliphatic carbocycles. The van der Waals surface area contributed by atoms with Gasteiger partial charge in [0, 0.05) is 46.6 Å². The second-order valence-corrected chi connectivity index (χ2v) is 12.5. The van der Waals surface area contributed by atoms with Gasteiger partial charge in [-0.05, 0) is 99.9 Å². The average molecular weight is 585 g/mol. The maximum Gasteiger partial charge on any atom is 0.264 e. The summed E-state index contributed by atoms with van der Waals surface area (Å²) >= 11 is 0. The fourth-order valence-electron chi connectivity index (χ4n) is 5.45. The Morgan fingerprint density at radius 3 is 2.48 bits per heavy atom. The molecule has 1 fully saturated rings. The fraction of sp³-hybridized carbons (Fsp3) is 0.250. The zero-order valence-corrected chi connectivity index (χ0v) is 24.2. The van der Waals surface area contributed by atoms with Gasteiger partial charge in [-0.1, -0.05) is 18.2 Å². The molecule has 10 heteroatoms. The van der Waals surface area contributed by atoms with Crippen LogP contribution in [0, 0.1) is 11.7 Å². The molecule has 0 atom stereocenters. The first-order chi connectivity index (χ1) is 20.3. The number of nitrogens with zero attached hydrogens (tertiary/aromatic N) is 4. The number of halogens is 1. The summed E-state index contributed by atoms with van der Waals surface area (Å²) in [5, 5.41) is 4.42. The molecule has 0 radical (unpaired) electrons. The third kappa shape index (κ3) is 6.29. The molecule has 5 aromatic rings. The molecule has 1 aliphatic heterocycles. The van der Waals surface area contributed by atoms with Crippen LogP contribution in [-0.2, 0) is 16.6 Å². The summed E-state index contributed by atoms with van der Waals surface area (Å²) in [4.78, 5) is 10.9. The van der Waals surface area contributed by atoms with Crippen LogP contribution in [0.1, 0.15) is 19.3 Å². The van der Waals surface area contributed by atoms with Crippen LogP contribution in [-0.4, -0.2) is 48.0 Å². The molecule has 8 nitrogen and oxygen atoms in total. The lowest BCUT2D eigenvalue weighted by Gasteiger charge is -2.29. The van der Waals surface area contributed by atoms with E-state index in [0.717, 1.165) is 29.8 Å². The van der Waals surface area contributed by atoms with Gasteiger partial charge in [0.15, 0.2) is 0 Å². The zero-order chi connectivity index (χ0) is 29.1. The van der Waals surface area contributed by atoms with Crippen molar-refractivity contribution in [1.82, 2.24) is 19.4 Å². The largest absolute Gasteiger partial charge is 0.347 e. The Morgan fingerprint density at radius 2 is 1.69 bits per heavy atom. The molecule has 0 spiro atoms. The lowest BCUT2D eigenvalue weighted by molar-refractivity contribution is 0.208. The van der Waals surface area contributed by atoms with Gasteiger partial charge in [0.25, 0.3) is 10.0 Å². The van der Waals surface area contributed by atoms with Gasteiger partial charge in [0.2, 0.25) is 0 Å². The molecule has 42 heavy (non-hydrogen) atoms. The number of nitrogens with one attached hydrogen (secondary N) is 2. The predicted octanol–water partition coefficient (Wildman–Crippen LogP) is 6.51. The minimum Gasteiger partial charge on any atom is -0.347 e. The first-order valence-electron chi connectivity index (χ1n) is 14.1. The molecule has 6 rings (SSSR count). The van der Waals surface area contributed by atoms with E-state index in [1.807, 2.05) is 6.07 Å². The third-order valence-corrected chi connectivity index (χ3v) is 9.30. The topological polar surface area (TPSA) is 92.2 Å². The summed E-state index contributed by atoms with van der Waals surface area (Å²) in [6, 6.07) is 22.4. The number of anilines is 3. The number of benzene rings is 3. The highest BCUT2D eigenvalue weighted by Crippen LogP contribution is 2.28. The molecular formula is C32H33FN6O2S. The number of hydrogen-bond acceptors (Lipinski definition) is 6. The highest BCUT2D eigenvalue weighted by atomic mass is 32.2. The normalized spacial score (nSPS) is 14.7. The standard InChI is InChI=1S/C32H33FN6O2S/c1-38-16-12-23(13-17-38)14-18-39-19-15-25-20-24(6-11-30(25)39)29-21-32(35-22-34-29)36-26-7-9-27(10-8-26)37-42(40,41)31-5-3-2-4-28(31)33/h2-11,15,19-23,37H,12-14,16-18H2,1H3,(H,34,35,36). The fourth-order valence-corrected chi connectivity index (χ4v) is 6.59. The Kier molecular flexibility index (Phi) is 7.90. The predicted molar refractivity (Wildman–Crippen MR) is 165 cm³/mol. The summed E-state index contributed by atoms with van der Waals surface area (Å²) in [5.41, 5.74) is 4.05. The smallest absolute Gasteiger partial charge is 0.264 e. The van der Waals surface area contributed by atoms with Crippen LogP contribution in [0.2, 0.25) is 0 Å². The van der Waals surface area contributed by atoms with Crippen LogP contribution in [0.3, 0.4) is 0 Å². The van der Waals surface area contributed by atoms with Gasteiger partial charge in [-0.3, -0.25) is 4.72 Å². The van der Waals surface area contributed by atoms with E-state index >= 15 is 0 Å². The number of rotatable bonds is 9. The van der Waals surface area contributed by atoms with Crippen molar-refractivity contribution in [2.24, 2.45) is 5.92 Å². The lowest BCUT2D eigenvalue weighted by atomic mass is 9.94. The Hall–Kier alpha value is -4.28. The van der Waals surface area contributed by atoms with Crippen molar-refractivity contribution in [2.45, 2.75) is 30.7 Å². The molecule has 1 aliphatic rings. The number of fused-ring (bicyclic) bond motifs is 1. The van der Waals surface area contributed by atoms with E-state index < -0.39 is 20.7 Å². The van der Waals surface area contributed by atoms with Gasteiger partial charge in [-0.15, -0.1) is 0 Å². The monoisotopic (exact) mass is 584 g/mol. The molecule has 0 bridgehead atoms. The van der Waals surface area contributed by atoms with Crippen molar-refractivity contribution >= 4 is 38.1 Å². The molecule has 216 valence electrons. The van der Waals surface area contributed by atoms with E-state index in [1.54, 1.807) is 24.3 Å². The summed E-state index contributed by atoms with van der Waals surface area (Å²) in [5.74, 6) is 0.599. The first-order valence-corrected chi connectivity index (χ1v) is 15.6. The third-order valence-electron chi connectivity index (χ3n) is 7.89. The molecule has 2 N–H and O–H groups in total. The highest BCUT2D eigenvalue weighted by Gasteiger charge is 2.19. The van der Waals surface area contributed by atoms with Gasteiger partial charge in [0.1, 0.15) is 22.9 Å². The minimum absolute atomic E-state index is 0.318. The van der Waals surface area contributed by atoms with Crippen LogP contribution < -0.4 is 10.0 Å². The van der Waals surface area contributed by atoms with Gasteiger partial charge in [-0.25, -0.2) is 22.8 Å². The van der Waals surface area contributed by atoms with E-state index in [9.17, 15) is 12.8 Å². The van der Waals surface area contributed by atoms with Crippen molar-refractivity contribution in [3.63, 3.8) is 0 Å². The van der Waals surface area contributed by atoms with E-state index in [-0.39, 0.29) is 0 Å². The second-order valence-electron chi connectivity index (χ2n) is 10.8. The van der Waals surface area contributed by atoms with E-state index in [2.05, 4.69) is 67.0 Å². The SMILES string of the molecule is CN1CCC(CCn2ccc3cc(-c4cc(Nc5ccc(NS(=O)(=O)c6ccccc6F)cc5)ncn4)ccc32)CC1. The van der Waals surface area contributed by atoms with Crippen molar-refractivity contribution in [3.8, 4) is 11.3 Å². The van der Waals surface area contributed by atoms with E-state index in [4.69, 9.17) is 0 Å². The van der Waals surface area contributed by atoms with Crippen molar-refractivity contribution in [3.05, 3.63) is 97.2 Å². The molecule has 0 amide bonds. The Balaban J connectivity index is 1.11. The Bertz CT molecular complexity index is 1800. The summed E-state index contributed by atoms with van der Waals surface area (Å²) < 4.78 is 43.9. The van der Waals surface area contributed by atoms with Crippen LogP contribution in [0.25, 0.3) is 22.2 Å². The summed E-state index contributed by atoms with van der Waals surface area (Å²) in [7, 11) is -1.84. The Labute approximate surface area is 245 Å². The second kappa shape index (κ2) is 11.9. The molecule has 0 unspecified atom stereocenters. The number of hydrogen-bond donors (Lipinski definition) is 2. The first kappa shape index (κ1) is 27.9. The van der Waals surface area contributed by atoms with Gasteiger partial charge >= 0.3 is 0 Å². The van der Waals surface area contributed by atoms with Crippen LogP contribution in [0.4, 0.5) is 21.6 Å². The molecule has 0 saturated carbocycles. The van der Waals surface area contributed by atoms with Gasteiger partial charge in [0.05, 0.1) is 5.69 Å². The van der Waals surface area contributed by atoms with Crippen molar-refractivity contribution in [1.29, 1.82) is 0 Å². The van der Waals surface area contributed by atoms with E-state index in [0.29, 0.717) is 17.2 Å². The molecule has 3 heterocycles. The summed E-state index contributed by atoms with van der Waals surface area (Å²) in [6.07, 6.45) is 7.46. The van der Waals surface area contributed by atoms with Gasteiger partial charge in [-0.2, -0.15) is 0 Å². The number of sulfonamides is 1. The number of piperidine rings is 1. The maximum atomic E-state index is 14.0. The number of aryl methyl sites for hydroxylation is 1. The average Bonchev–Trinajstić information content (AvgIpc) is 3.40. The van der Waals surface area contributed by atoms with Crippen molar-refractivity contribution in [2.75, 3.05) is 30.2 Å².